The van der Waals surface area contributed by atoms with Crippen molar-refractivity contribution in [2.45, 2.75) is 40.5 Å². The Morgan fingerprint density at radius 2 is 2.27 bits per heavy atom. The van der Waals surface area contributed by atoms with Gasteiger partial charge in [-0.15, -0.1) is 0 Å². The van der Waals surface area contributed by atoms with E-state index in [2.05, 4.69) is 58.1 Å². The molecular weight excluding hydrogens is 180 g/mol. The Morgan fingerprint density at radius 1 is 1.53 bits per heavy atom. The molecule has 0 radical (unpaired) electrons. The van der Waals surface area contributed by atoms with Gasteiger partial charge in [-0.1, -0.05) is 48.5 Å². The van der Waals surface area contributed by atoms with E-state index in [1.807, 2.05) is 0 Å². The number of hydrogen-bond acceptors (Lipinski definition) is 0. The highest BCUT2D eigenvalue weighted by Gasteiger charge is 2.07. The lowest BCUT2D eigenvalue weighted by Gasteiger charge is -2.16. The molecule has 1 rings (SSSR count). The standard InChI is InChI=1S/C15H22/c1-5-12(2)7-6-8-15-10-9-13(3)11-14(15)4/h5-7,9-10,13H,8,11H2,1-4H3. The molecule has 82 valence electrons. The number of rotatable bonds is 3. The zero-order valence-corrected chi connectivity index (χ0v) is 10.4. The van der Waals surface area contributed by atoms with E-state index >= 15 is 0 Å². The Labute approximate surface area is 94.1 Å². The van der Waals surface area contributed by atoms with Crippen LogP contribution in [0.2, 0.25) is 0 Å². The van der Waals surface area contributed by atoms with Gasteiger partial charge in [-0.2, -0.15) is 0 Å². The van der Waals surface area contributed by atoms with Crippen molar-refractivity contribution >= 4 is 0 Å². The summed E-state index contributed by atoms with van der Waals surface area (Å²) in [5, 5.41) is 0. The summed E-state index contributed by atoms with van der Waals surface area (Å²) < 4.78 is 0. The van der Waals surface area contributed by atoms with Crippen LogP contribution in [0.15, 0.2) is 47.1 Å². The smallest absolute Gasteiger partial charge is 0.00949 e. The number of allylic oxidation sites excluding steroid dienone is 8. The van der Waals surface area contributed by atoms with Gasteiger partial charge in [0.05, 0.1) is 0 Å². The van der Waals surface area contributed by atoms with E-state index in [0.29, 0.717) is 0 Å². The topological polar surface area (TPSA) is 0 Å². The van der Waals surface area contributed by atoms with Gasteiger partial charge >= 0.3 is 0 Å². The Bertz CT molecular complexity index is 324. The van der Waals surface area contributed by atoms with Crippen LogP contribution in [0.5, 0.6) is 0 Å². The molecule has 0 fully saturated rings. The first-order valence-electron chi connectivity index (χ1n) is 5.79. The van der Waals surface area contributed by atoms with Crippen molar-refractivity contribution in [3.63, 3.8) is 0 Å². The molecule has 0 aliphatic heterocycles. The van der Waals surface area contributed by atoms with Gasteiger partial charge in [0.2, 0.25) is 0 Å². The predicted octanol–water partition coefficient (Wildman–Crippen LogP) is 4.81. The molecule has 0 spiro atoms. The molecule has 0 heteroatoms. The van der Waals surface area contributed by atoms with Gasteiger partial charge in [-0.05, 0) is 45.1 Å². The van der Waals surface area contributed by atoms with Gasteiger partial charge in [0.1, 0.15) is 0 Å². The second kappa shape index (κ2) is 5.75. The Balaban J connectivity index is 2.57. The third-order valence-electron chi connectivity index (χ3n) is 2.98. The van der Waals surface area contributed by atoms with E-state index < -0.39 is 0 Å². The van der Waals surface area contributed by atoms with Crippen molar-refractivity contribution in [1.82, 2.24) is 0 Å². The molecular formula is C15H22. The molecule has 0 saturated carbocycles. The molecule has 1 aliphatic rings. The van der Waals surface area contributed by atoms with Crippen LogP contribution >= 0.6 is 0 Å². The zero-order chi connectivity index (χ0) is 11.3. The molecule has 1 unspecified atom stereocenters. The van der Waals surface area contributed by atoms with Crippen LogP contribution in [0.4, 0.5) is 0 Å². The molecule has 1 aliphatic carbocycles. The fraction of sp³-hybridized carbons (Fsp3) is 0.467. The van der Waals surface area contributed by atoms with Crippen LogP contribution in [0, 0.1) is 5.92 Å². The van der Waals surface area contributed by atoms with Gasteiger partial charge in [0, 0.05) is 0 Å². The molecule has 0 aromatic rings. The molecule has 0 N–H and O–H groups in total. The minimum absolute atomic E-state index is 0.718. The Hall–Kier alpha value is -1.04. The first-order valence-corrected chi connectivity index (χ1v) is 5.79. The molecule has 0 saturated heterocycles. The van der Waals surface area contributed by atoms with Crippen molar-refractivity contribution in [3.8, 4) is 0 Å². The lowest BCUT2D eigenvalue weighted by molar-refractivity contribution is 0.697. The zero-order valence-electron chi connectivity index (χ0n) is 10.4. The van der Waals surface area contributed by atoms with E-state index in [0.717, 1.165) is 12.3 Å². The normalized spacial score (nSPS) is 22.9. The summed E-state index contributed by atoms with van der Waals surface area (Å²) in [5.74, 6) is 0.718. The van der Waals surface area contributed by atoms with Crippen LogP contribution in [-0.4, -0.2) is 0 Å². The van der Waals surface area contributed by atoms with Crippen LogP contribution in [-0.2, 0) is 0 Å². The van der Waals surface area contributed by atoms with Crippen molar-refractivity contribution in [2.75, 3.05) is 0 Å². The summed E-state index contributed by atoms with van der Waals surface area (Å²) in [5.41, 5.74) is 4.38. The maximum Gasteiger partial charge on any atom is -0.00949 e. The maximum absolute atomic E-state index is 2.32. The van der Waals surface area contributed by atoms with Crippen molar-refractivity contribution in [1.29, 1.82) is 0 Å². The first-order chi connectivity index (χ1) is 7.13. The molecule has 0 nitrogen and oxygen atoms in total. The molecule has 0 aromatic heterocycles. The minimum atomic E-state index is 0.718. The molecule has 0 heterocycles. The average Bonchev–Trinajstić information content (AvgIpc) is 2.21. The summed E-state index contributed by atoms with van der Waals surface area (Å²) in [4.78, 5) is 0. The fourth-order valence-electron chi connectivity index (χ4n) is 1.82. The van der Waals surface area contributed by atoms with Gasteiger partial charge < -0.3 is 0 Å². The van der Waals surface area contributed by atoms with Gasteiger partial charge in [0.25, 0.3) is 0 Å². The van der Waals surface area contributed by atoms with Crippen LogP contribution < -0.4 is 0 Å². The van der Waals surface area contributed by atoms with Gasteiger partial charge in [-0.3, -0.25) is 0 Å². The fourth-order valence-corrected chi connectivity index (χ4v) is 1.82. The maximum atomic E-state index is 2.32. The Kier molecular flexibility index (Phi) is 4.61. The highest BCUT2D eigenvalue weighted by atomic mass is 14.1. The third-order valence-corrected chi connectivity index (χ3v) is 2.98. The van der Waals surface area contributed by atoms with E-state index in [1.54, 1.807) is 5.57 Å². The van der Waals surface area contributed by atoms with Gasteiger partial charge in [0.15, 0.2) is 0 Å². The Morgan fingerprint density at radius 3 is 2.87 bits per heavy atom. The van der Waals surface area contributed by atoms with Gasteiger partial charge in [-0.25, -0.2) is 0 Å². The first kappa shape index (κ1) is 12.0. The predicted molar refractivity (Wildman–Crippen MR) is 68.8 cm³/mol. The van der Waals surface area contributed by atoms with Crippen LogP contribution in [0.3, 0.4) is 0 Å². The second-order valence-corrected chi connectivity index (χ2v) is 4.49. The largest absolute Gasteiger partial charge is 0.0847 e. The molecule has 0 bridgehead atoms. The highest BCUT2D eigenvalue weighted by molar-refractivity contribution is 5.32. The van der Waals surface area contributed by atoms with E-state index in [4.69, 9.17) is 0 Å². The molecule has 0 amide bonds. The van der Waals surface area contributed by atoms with Crippen molar-refractivity contribution in [2.24, 2.45) is 5.92 Å². The summed E-state index contributed by atoms with van der Waals surface area (Å²) in [7, 11) is 0. The van der Waals surface area contributed by atoms with E-state index in [9.17, 15) is 0 Å². The van der Waals surface area contributed by atoms with Crippen LogP contribution in [0.25, 0.3) is 0 Å². The van der Waals surface area contributed by atoms with Crippen molar-refractivity contribution < 1.29 is 0 Å². The second-order valence-electron chi connectivity index (χ2n) is 4.49. The lowest BCUT2D eigenvalue weighted by atomic mass is 9.90. The SMILES string of the molecule is CC=C(C)C=CCC1=C(C)CC(C)C=C1. The summed E-state index contributed by atoms with van der Waals surface area (Å²) in [6.45, 7) is 8.74. The number of hydrogen-bond donors (Lipinski definition) is 0. The molecule has 1 atom stereocenters. The quantitative estimate of drug-likeness (QED) is 0.576. The molecule has 15 heavy (non-hydrogen) atoms. The highest BCUT2D eigenvalue weighted by Crippen LogP contribution is 2.25. The summed E-state index contributed by atoms with van der Waals surface area (Å²) in [6.07, 6.45) is 13.5. The van der Waals surface area contributed by atoms with E-state index in [-0.39, 0.29) is 0 Å². The summed E-state index contributed by atoms with van der Waals surface area (Å²) in [6, 6.07) is 0. The lowest BCUT2D eigenvalue weighted by Crippen LogP contribution is -1.99. The van der Waals surface area contributed by atoms with Crippen LogP contribution in [0.1, 0.15) is 40.5 Å². The summed E-state index contributed by atoms with van der Waals surface area (Å²) >= 11 is 0. The van der Waals surface area contributed by atoms with Crippen molar-refractivity contribution in [3.05, 3.63) is 47.1 Å². The monoisotopic (exact) mass is 202 g/mol. The minimum Gasteiger partial charge on any atom is -0.0847 e. The van der Waals surface area contributed by atoms with E-state index in [1.165, 1.54) is 17.6 Å². The molecule has 0 aromatic carbocycles. The average molecular weight is 202 g/mol. The third kappa shape index (κ3) is 3.91.